The van der Waals surface area contributed by atoms with Crippen molar-refractivity contribution in [1.82, 2.24) is 4.98 Å². The zero-order valence-corrected chi connectivity index (χ0v) is 17.1. The highest BCUT2D eigenvalue weighted by Crippen LogP contribution is 2.37. The van der Waals surface area contributed by atoms with Gasteiger partial charge >= 0.3 is 0 Å². The zero-order valence-electron chi connectivity index (χ0n) is 17.1. The Labute approximate surface area is 180 Å². The standard InChI is InChI=1S/C26H23NO4/c1-17(19-9-8-18-5-2-3-6-20(18)13-19)30-21-10-11-24-23(14-21)26(28)25(16-29-24)31-22-7-4-12-27-15-22/h2-15,17,25-26,28H,16H2,1H3. The molecule has 0 radical (unpaired) electrons. The van der Waals surface area contributed by atoms with Crippen molar-refractivity contribution in [3.05, 3.63) is 96.3 Å². The Balaban J connectivity index is 1.34. The highest BCUT2D eigenvalue weighted by atomic mass is 16.5. The topological polar surface area (TPSA) is 60.8 Å². The number of benzene rings is 3. The van der Waals surface area contributed by atoms with Gasteiger partial charge in [-0.1, -0.05) is 36.4 Å². The van der Waals surface area contributed by atoms with E-state index < -0.39 is 12.2 Å². The normalized spacial score (nSPS) is 18.6. The van der Waals surface area contributed by atoms with Gasteiger partial charge in [0.2, 0.25) is 0 Å². The molecule has 156 valence electrons. The van der Waals surface area contributed by atoms with Crippen LogP contribution in [0.5, 0.6) is 17.2 Å². The first kappa shape index (κ1) is 19.4. The van der Waals surface area contributed by atoms with Gasteiger partial charge in [-0.3, -0.25) is 4.98 Å². The Morgan fingerprint density at radius 3 is 2.68 bits per heavy atom. The summed E-state index contributed by atoms with van der Waals surface area (Å²) < 4.78 is 17.9. The van der Waals surface area contributed by atoms with Crippen LogP contribution in [0.3, 0.4) is 0 Å². The maximum atomic E-state index is 10.9. The molecular weight excluding hydrogens is 390 g/mol. The Hall–Kier alpha value is -3.57. The molecule has 0 saturated heterocycles. The van der Waals surface area contributed by atoms with Crippen molar-refractivity contribution in [2.45, 2.75) is 25.2 Å². The molecule has 3 atom stereocenters. The number of fused-ring (bicyclic) bond motifs is 2. The first-order valence-corrected chi connectivity index (χ1v) is 10.3. The average Bonchev–Trinajstić information content (AvgIpc) is 2.81. The number of rotatable bonds is 5. The van der Waals surface area contributed by atoms with Gasteiger partial charge in [-0.15, -0.1) is 0 Å². The molecule has 0 saturated carbocycles. The molecule has 5 rings (SSSR count). The van der Waals surface area contributed by atoms with Crippen molar-refractivity contribution < 1.29 is 19.3 Å². The molecule has 0 aliphatic carbocycles. The lowest BCUT2D eigenvalue weighted by atomic mass is 10.0. The van der Waals surface area contributed by atoms with Gasteiger partial charge in [0, 0.05) is 11.8 Å². The first-order chi connectivity index (χ1) is 15.2. The second-order valence-electron chi connectivity index (χ2n) is 7.67. The van der Waals surface area contributed by atoms with Crippen LogP contribution in [0.1, 0.15) is 30.3 Å². The number of ether oxygens (including phenoxy) is 3. The second-order valence-corrected chi connectivity index (χ2v) is 7.67. The quantitative estimate of drug-likeness (QED) is 0.484. The maximum absolute atomic E-state index is 10.9. The van der Waals surface area contributed by atoms with Gasteiger partial charge in [0.1, 0.15) is 36.1 Å². The Morgan fingerprint density at radius 1 is 0.968 bits per heavy atom. The number of hydrogen-bond acceptors (Lipinski definition) is 5. The van der Waals surface area contributed by atoms with Gasteiger partial charge in [0.25, 0.3) is 0 Å². The highest BCUT2D eigenvalue weighted by Gasteiger charge is 2.31. The average molecular weight is 413 g/mol. The summed E-state index contributed by atoms with van der Waals surface area (Å²) in [5.74, 6) is 1.91. The van der Waals surface area contributed by atoms with Gasteiger partial charge in [-0.05, 0) is 59.7 Å². The molecule has 2 heterocycles. The lowest BCUT2D eigenvalue weighted by molar-refractivity contribution is -0.0106. The van der Waals surface area contributed by atoms with Gasteiger partial charge in [0.05, 0.1) is 6.20 Å². The van der Waals surface area contributed by atoms with Crippen molar-refractivity contribution in [3.8, 4) is 17.2 Å². The van der Waals surface area contributed by atoms with Crippen LogP contribution in [-0.4, -0.2) is 22.8 Å². The third kappa shape index (κ3) is 4.05. The van der Waals surface area contributed by atoms with E-state index >= 15 is 0 Å². The predicted octanol–water partition coefficient (Wildman–Crippen LogP) is 5.25. The lowest BCUT2D eigenvalue weighted by Crippen LogP contribution is -2.35. The molecule has 1 aliphatic heterocycles. The van der Waals surface area contributed by atoms with Crippen molar-refractivity contribution in [2.24, 2.45) is 0 Å². The van der Waals surface area contributed by atoms with Crippen molar-refractivity contribution in [2.75, 3.05) is 6.61 Å². The molecule has 0 fully saturated rings. The van der Waals surface area contributed by atoms with E-state index in [0.717, 1.165) is 5.56 Å². The summed E-state index contributed by atoms with van der Waals surface area (Å²) in [6.07, 6.45) is 1.80. The molecule has 3 unspecified atom stereocenters. The fourth-order valence-electron chi connectivity index (χ4n) is 3.85. The minimum atomic E-state index is -0.830. The molecule has 1 N–H and O–H groups in total. The van der Waals surface area contributed by atoms with Crippen LogP contribution in [0.25, 0.3) is 10.8 Å². The molecule has 4 aromatic rings. The van der Waals surface area contributed by atoms with Gasteiger partial charge < -0.3 is 19.3 Å². The fraction of sp³-hybridized carbons (Fsp3) is 0.192. The maximum Gasteiger partial charge on any atom is 0.163 e. The van der Waals surface area contributed by atoms with Gasteiger partial charge in [0.15, 0.2) is 6.10 Å². The minimum Gasteiger partial charge on any atom is -0.489 e. The third-order valence-corrected chi connectivity index (χ3v) is 5.53. The van der Waals surface area contributed by atoms with Crippen LogP contribution in [-0.2, 0) is 0 Å². The monoisotopic (exact) mass is 413 g/mol. The SMILES string of the molecule is CC(Oc1ccc2c(c1)C(O)C(Oc1cccnc1)CO2)c1ccc2ccccc2c1. The molecule has 1 aromatic heterocycles. The summed E-state index contributed by atoms with van der Waals surface area (Å²) in [6, 6.07) is 23.7. The van der Waals surface area contributed by atoms with Crippen LogP contribution in [0.15, 0.2) is 85.2 Å². The zero-order chi connectivity index (χ0) is 21.2. The van der Waals surface area contributed by atoms with Crippen LogP contribution >= 0.6 is 0 Å². The van der Waals surface area contributed by atoms with E-state index in [9.17, 15) is 5.11 Å². The summed E-state index contributed by atoms with van der Waals surface area (Å²) in [4.78, 5) is 4.05. The van der Waals surface area contributed by atoms with Crippen molar-refractivity contribution in [1.29, 1.82) is 0 Å². The Kier molecular flexibility index (Phi) is 5.18. The lowest BCUT2D eigenvalue weighted by Gasteiger charge is -2.31. The van der Waals surface area contributed by atoms with E-state index in [0.29, 0.717) is 22.8 Å². The number of aromatic nitrogens is 1. The number of aliphatic hydroxyl groups excluding tert-OH is 1. The summed E-state index contributed by atoms with van der Waals surface area (Å²) in [6.45, 7) is 2.28. The van der Waals surface area contributed by atoms with E-state index in [1.54, 1.807) is 24.5 Å². The molecule has 5 heteroatoms. The van der Waals surface area contributed by atoms with Crippen LogP contribution < -0.4 is 14.2 Å². The first-order valence-electron chi connectivity index (χ1n) is 10.3. The number of aliphatic hydroxyl groups is 1. The van der Waals surface area contributed by atoms with Gasteiger partial charge in [-0.25, -0.2) is 0 Å². The molecular formula is C26H23NO4. The molecule has 3 aromatic carbocycles. The van der Waals surface area contributed by atoms with Crippen molar-refractivity contribution >= 4 is 10.8 Å². The Morgan fingerprint density at radius 2 is 1.84 bits per heavy atom. The predicted molar refractivity (Wildman–Crippen MR) is 119 cm³/mol. The number of hydrogen-bond donors (Lipinski definition) is 1. The van der Waals surface area contributed by atoms with E-state index in [2.05, 4.69) is 35.3 Å². The number of pyridine rings is 1. The molecule has 1 aliphatic rings. The smallest absolute Gasteiger partial charge is 0.163 e. The van der Waals surface area contributed by atoms with E-state index in [4.69, 9.17) is 14.2 Å². The largest absolute Gasteiger partial charge is 0.489 e. The van der Waals surface area contributed by atoms with E-state index in [1.807, 2.05) is 37.3 Å². The van der Waals surface area contributed by atoms with Crippen LogP contribution in [0, 0.1) is 0 Å². The third-order valence-electron chi connectivity index (χ3n) is 5.53. The fourth-order valence-corrected chi connectivity index (χ4v) is 3.85. The summed E-state index contributed by atoms with van der Waals surface area (Å²) in [7, 11) is 0. The summed E-state index contributed by atoms with van der Waals surface area (Å²) in [5.41, 5.74) is 1.74. The Bertz CT molecular complexity index is 1190. The molecule has 31 heavy (non-hydrogen) atoms. The number of nitrogens with zero attached hydrogens (tertiary/aromatic N) is 1. The second kappa shape index (κ2) is 8.28. The summed E-state index contributed by atoms with van der Waals surface area (Å²) in [5, 5.41) is 13.3. The van der Waals surface area contributed by atoms with E-state index in [1.165, 1.54) is 10.8 Å². The van der Waals surface area contributed by atoms with Crippen LogP contribution in [0.2, 0.25) is 0 Å². The molecule has 0 amide bonds. The van der Waals surface area contributed by atoms with E-state index in [-0.39, 0.29) is 12.7 Å². The molecule has 0 spiro atoms. The van der Waals surface area contributed by atoms with Crippen LogP contribution in [0.4, 0.5) is 0 Å². The molecule has 5 nitrogen and oxygen atoms in total. The van der Waals surface area contributed by atoms with Crippen molar-refractivity contribution in [3.63, 3.8) is 0 Å². The van der Waals surface area contributed by atoms with Gasteiger partial charge in [-0.2, -0.15) is 0 Å². The summed E-state index contributed by atoms with van der Waals surface area (Å²) >= 11 is 0. The minimum absolute atomic E-state index is 0.147. The highest BCUT2D eigenvalue weighted by molar-refractivity contribution is 5.83. The molecule has 0 bridgehead atoms.